The molecule has 0 aliphatic carbocycles. The van der Waals surface area contributed by atoms with E-state index < -0.39 is 57.8 Å². The second kappa shape index (κ2) is 12.7. The highest BCUT2D eigenvalue weighted by Gasteiger charge is 2.48. The summed E-state index contributed by atoms with van der Waals surface area (Å²) in [7, 11) is -4.30. The number of hydrogen-bond acceptors (Lipinski definition) is 6. The lowest BCUT2D eigenvalue weighted by atomic mass is 9.85. The summed E-state index contributed by atoms with van der Waals surface area (Å²) in [4.78, 5) is 52.0. The number of aryl methyl sites for hydroxylation is 1. The Bertz CT molecular complexity index is 1940. The third kappa shape index (κ3) is 6.18. The smallest absolute Gasteiger partial charge is 0.326 e. The number of carboxylic acids is 2. The molecule has 46 heavy (non-hydrogen) atoms. The molecule has 5 rings (SSSR count). The van der Waals surface area contributed by atoms with Crippen molar-refractivity contribution in [1.29, 1.82) is 0 Å². The molecule has 2 amide bonds. The summed E-state index contributed by atoms with van der Waals surface area (Å²) >= 11 is 0. The van der Waals surface area contributed by atoms with Gasteiger partial charge in [-0.05, 0) is 48.7 Å². The number of nitrogens with one attached hydrogen (secondary N) is 3. The van der Waals surface area contributed by atoms with Gasteiger partial charge in [0.15, 0.2) is 0 Å². The van der Waals surface area contributed by atoms with E-state index in [0.717, 1.165) is 5.56 Å². The van der Waals surface area contributed by atoms with Gasteiger partial charge < -0.3 is 25.8 Å². The number of nitrogens with zero attached hydrogens (tertiary/aromatic N) is 1. The van der Waals surface area contributed by atoms with Crippen LogP contribution in [0.3, 0.4) is 0 Å². The standard InChI is InChI=1S/C33H34N4O8S/c1-18-12-14-21(15-13-18)46(44,45)37-29-11-7-5-9-23(29)25(17-28(33(42)43)35-20(3)39)31(37)30-24(16-27(32(40)41)34-19(2)38)22-8-4-6-10-26(22)36-30/h4-15,25,27-28,31,36H,16-17H2,1-3H3,(H,34,38)(H,35,39)(H,40,41)(H,42,43)/t25-,27-,28-,31-/m0/s1. The molecule has 13 heteroatoms. The second-order valence-corrected chi connectivity index (χ2v) is 13.2. The van der Waals surface area contributed by atoms with Crippen molar-refractivity contribution in [1.82, 2.24) is 15.6 Å². The van der Waals surface area contributed by atoms with Gasteiger partial charge in [0, 0.05) is 42.8 Å². The van der Waals surface area contributed by atoms with Gasteiger partial charge in [-0.25, -0.2) is 18.0 Å². The average molecular weight is 647 g/mol. The Kier molecular flexibility index (Phi) is 8.88. The van der Waals surface area contributed by atoms with E-state index in [4.69, 9.17) is 0 Å². The largest absolute Gasteiger partial charge is 0.480 e. The third-order valence-corrected chi connectivity index (χ3v) is 9.99. The number of para-hydroxylation sites is 2. The molecule has 5 N–H and O–H groups in total. The van der Waals surface area contributed by atoms with E-state index in [1.165, 1.54) is 30.3 Å². The Morgan fingerprint density at radius 3 is 2.07 bits per heavy atom. The Labute approximate surface area is 265 Å². The fraction of sp³-hybridized carbons (Fsp3) is 0.273. The zero-order chi connectivity index (χ0) is 33.3. The summed E-state index contributed by atoms with van der Waals surface area (Å²) in [5.74, 6) is -4.49. The average Bonchev–Trinajstić information content (AvgIpc) is 3.52. The van der Waals surface area contributed by atoms with Gasteiger partial charge in [0.1, 0.15) is 12.1 Å². The van der Waals surface area contributed by atoms with Crippen LogP contribution in [0.4, 0.5) is 5.69 Å². The lowest BCUT2D eigenvalue weighted by Crippen LogP contribution is -2.43. The van der Waals surface area contributed by atoms with E-state index in [2.05, 4.69) is 15.6 Å². The number of hydrogen-bond donors (Lipinski definition) is 5. The van der Waals surface area contributed by atoms with Crippen molar-refractivity contribution in [2.45, 2.75) is 62.6 Å². The van der Waals surface area contributed by atoms with E-state index in [0.29, 0.717) is 33.4 Å². The molecule has 1 aliphatic rings. The first-order valence-corrected chi connectivity index (χ1v) is 16.0. The zero-order valence-electron chi connectivity index (χ0n) is 25.4. The minimum absolute atomic E-state index is 0.00881. The van der Waals surface area contributed by atoms with E-state index in [1.807, 2.05) is 6.92 Å². The van der Waals surface area contributed by atoms with Gasteiger partial charge in [0.2, 0.25) is 11.8 Å². The number of amides is 2. The first-order valence-electron chi connectivity index (χ1n) is 14.6. The highest BCUT2D eigenvalue weighted by atomic mass is 32.2. The van der Waals surface area contributed by atoms with Gasteiger partial charge >= 0.3 is 11.9 Å². The first kappa shape index (κ1) is 32.2. The number of H-pyrrole nitrogens is 1. The van der Waals surface area contributed by atoms with Crippen LogP contribution in [0.1, 0.15) is 54.6 Å². The summed E-state index contributed by atoms with van der Waals surface area (Å²) in [6.45, 7) is 4.24. The molecule has 3 aromatic carbocycles. The van der Waals surface area contributed by atoms with Crippen LogP contribution in [0, 0.1) is 6.92 Å². The van der Waals surface area contributed by atoms with Crippen LogP contribution in [0.2, 0.25) is 0 Å². The molecule has 0 saturated carbocycles. The molecule has 0 unspecified atom stereocenters. The van der Waals surface area contributed by atoms with Crippen molar-refractivity contribution in [3.05, 3.63) is 95.2 Å². The number of sulfonamides is 1. The summed E-state index contributed by atoms with van der Waals surface area (Å²) in [6.07, 6.45) is -0.375. The minimum Gasteiger partial charge on any atom is -0.480 e. The number of anilines is 1. The van der Waals surface area contributed by atoms with Crippen LogP contribution in [0.5, 0.6) is 0 Å². The number of carbonyl (C=O) groups is 4. The Hall–Kier alpha value is -5.17. The number of fused-ring (bicyclic) bond motifs is 2. The number of carbonyl (C=O) groups excluding carboxylic acids is 2. The predicted octanol–water partition coefficient (Wildman–Crippen LogP) is 3.62. The quantitative estimate of drug-likeness (QED) is 0.163. The van der Waals surface area contributed by atoms with Crippen LogP contribution in [-0.2, 0) is 35.6 Å². The van der Waals surface area contributed by atoms with Gasteiger partial charge in [-0.15, -0.1) is 0 Å². The maximum Gasteiger partial charge on any atom is 0.326 e. The maximum absolute atomic E-state index is 14.6. The highest BCUT2D eigenvalue weighted by molar-refractivity contribution is 7.92. The lowest BCUT2D eigenvalue weighted by molar-refractivity contribution is -0.142. The monoisotopic (exact) mass is 646 g/mol. The molecule has 1 aromatic heterocycles. The van der Waals surface area contributed by atoms with Gasteiger partial charge in [0.05, 0.1) is 16.6 Å². The van der Waals surface area contributed by atoms with Crippen LogP contribution in [0.25, 0.3) is 10.9 Å². The van der Waals surface area contributed by atoms with E-state index >= 15 is 0 Å². The molecule has 0 fully saturated rings. The molecular weight excluding hydrogens is 612 g/mol. The van der Waals surface area contributed by atoms with Crippen molar-refractivity contribution in [2.75, 3.05) is 4.31 Å². The fourth-order valence-corrected chi connectivity index (χ4v) is 7.91. The van der Waals surface area contributed by atoms with Gasteiger partial charge in [-0.2, -0.15) is 0 Å². The molecule has 0 radical (unpaired) electrons. The molecule has 4 atom stereocenters. The topological polar surface area (TPSA) is 186 Å². The number of benzene rings is 3. The van der Waals surface area contributed by atoms with Gasteiger partial charge in [-0.1, -0.05) is 54.1 Å². The van der Waals surface area contributed by atoms with Crippen LogP contribution < -0.4 is 14.9 Å². The van der Waals surface area contributed by atoms with E-state index in [-0.39, 0.29) is 17.7 Å². The molecule has 0 saturated heterocycles. The van der Waals surface area contributed by atoms with Crippen LogP contribution in [-0.4, -0.2) is 59.5 Å². The van der Waals surface area contributed by atoms with Crippen molar-refractivity contribution >= 4 is 50.4 Å². The third-order valence-electron chi connectivity index (χ3n) is 8.18. The maximum atomic E-state index is 14.6. The van der Waals surface area contributed by atoms with E-state index in [1.54, 1.807) is 60.7 Å². The fourth-order valence-electron chi connectivity index (χ4n) is 6.23. The van der Waals surface area contributed by atoms with Crippen LogP contribution >= 0.6 is 0 Å². The number of aliphatic carboxylic acids is 2. The minimum atomic E-state index is -4.30. The van der Waals surface area contributed by atoms with Crippen molar-refractivity contribution < 1.29 is 37.8 Å². The molecule has 4 aromatic rings. The summed E-state index contributed by atoms with van der Waals surface area (Å²) in [5, 5.41) is 25.7. The summed E-state index contributed by atoms with van der Waals surface area (Å²) < 4.78 is 30.5. The number of rotatable bonds is 11. The van der Waals surface area contributed by atoms with Crippen molar-refractivity contribution in [3.63, 3.8) is 0 Å². The Morgan fingerprint density at radius 2 is 1.43 bits per heavy atom. The number of aromatic nitrogens is 1. The lowest BCUT2D eigenvalue weighted by Gasteiger charge is -2.31. The predicted molar refractivity (Wildman–Crippen MR) is 170 cm³/mol. The number of carboxylic acid groups (broad SMARTS) is 2. The van der Waals surface area contributed by atoms with Crippen LogP contribution in [0.15, 0.2) is 77.7 Å². The summed E-state index contributed by atoms with van der Waals surface area (Å²) in [5.41, 5.74) is 3.12. The molecular formula is C33H34N4O8S. The SMILES string of the molecule is CC(=O)N[C@@H](Cc1c([C@@H]2[C@@H](C[C@H](NC(C)=O)C(=O)O)c3ccccc3N2S(=O)(=O)c2ccc(C)cc2)[nH]c2ccccc12)C(=O)O. The second-order valence-electron chi connectivity index (χ2n) is 11.4. The summed E-state index contributed by atoms with van der Waals surface area (Å²) in [6, 6.07) is 16.4. The first-order chi connectivity index (χ1) is 21.8. The molecule has 0 spiro atoms. The van der Waals surface area contributed by atoms with Crippen molar-refractivity contribution in [2.24, 2.45) is 0 Å². The van der Waals surface area contributed by atoms with E-state index in [9.17, 15) is 37.8 Å². The zero-order valence-corrected chi connectivity index (χ0v) is 26.2. The van der Waals surface area contributed by atoms with Gasteiger partial charge in [-0.3, -0.25) is 13.9 Å². The molecule has 1 aliphatic heterocycles. The molecule has 12 nitrogen and oxygen atoms in total. The Morgan fingerprint density at radius 1 is 0.848 bits per heavy atom. The van der Waals surface area contributed by atoms with Crippen molar-refractivity contribution in [3.8, 4) is 0 Å². The molecule has 0 bridgehead atoms. The number of aromatic amines is 1. The van der Waals surface area contributed by atoms with Gasteiger partial charge in [0.25, 0.3) is 10.0 Å². The Balaban J connectivity index is 1.79. The molecule has 2 heterocycles. The highest BCUT2D eigenvalue weighted by Crippen LogP contribution is 2.54. The normalized spacial score (nSPS) is 17.2. The molecule has 240 valence electrons.